The number of hydrogen-bond donors (Lipinski definition) is 3. The van der Waals surface area contributed by atoms with E-state index in [9.17, 15) is 58.7 Å². The minimum atomic E-state index is -3.76. The summed E-state index contributed by atoms with van der Waals surface area (Å²) >= 11 is 34.0. The normalized spacial score (nSPS) is 11.3. The molecule has 0 unspecified atom stereocenters. The second kappa shape index (κ2) is 22.8. The summed E-state index contributed by atoms with van der Waals surface area (Å²) in [4.78, 5) is 49.8. The van der Waals surface area contributed by atoms with Gasteiger partial charge in [-0.05, 0) is 48.5 Å². The monoisotopic (exact) mass is 1250 g/mol. The van der Waals surface area contributed by atoms with Crippen molar-refractivity contribution in [3.05, 3.63) is 134 Å². The fourth-order valence-corrected chi connectivity index (χ4v) is 7.82. The van der Waals surface area contributed by atoms with Crippen molar-refractivity contribution in [3.8, 4) is 45.9 Å². The molecule has 0 bridgehead atoms. The molecule has 0 aliphatic heterocycles. The average molecular weight is 1250 g/mol. The van der Waals surface area contributed by atoms with E-state index < -0.39 is 77.1 Å². The SMILES string of the molecule is BrB(Br)Br.COc1ccc(Oc2c(Cl)cc(-n3nc(C(F)F)c(=O)[nH]c3=O)cc2Cl)cc1S(C)(=O)=O.CS(=O)(=O)c1cc(Oc2c(Cl)cc(-n3nc(C(F)F)c(=O)[nH]c3=O)cc2Cl)ccc1O. The highest BCUT2D eigenvalue weighted by molar-refractivity contribution is 9.69. The van der Waals surface area contributed by atoms with Gasteiger partial charge in [-0.2, -0.15) is 19.6 Å². The van der Waals surface area contributed by atoms with Crippen molar-refractivity contribution in [2.75, 3.05) is 19.6 Å². The van der Waals surface area contributed by atoms with Gasteiger partial charge in [0, 0.05) is 24.6 Å². The van der Waals surface area contributed by atoms with Crippen LogP contribution in [0.3, 0.4) is 0 Å². The van der Waals surface area contributed by atoms with E-state index in [1.165, 1.54) is 31.4 Å². The largest absolute Gasteiger partial charge is 0.507 e. The number of nitrogens with zero attached hydrogens (tertiary/aromatic N) is 4. The van der Waals surface area contributed by atoms with Gasteiger partial charge in [0.2, 0.25) is 0 Å². The summed E-state index contributed by atoms with van der Waals surface area (Å²) in [7, 11) is -6.10. The van der Waals surface area contributed by atoms with Gasteiger partial charge in [-0.3, -0.25) is 19.6 Å². The van der Waals surface area contributed by atoms with E-state index in [4.69, 9.17) is 60.6 Å². The number of ether oxygens (including phenoxy) is 3. The van der Waals surface area contributed by atoms with Crippen molar-refractivity contribution in [2.24, 2.45) is 0 Å². The van der Waals surface area contributed by atoms with Crippen molar-refractivity contribution >= 4 is 117 Å². The average Bonchev–Trinajstić information content (AvgIpc) is 3.20. The number of phenolic OH excluding ortho intramolecular Hbond substituents is 1. The lowest BCUT2D eigenvalue weighted by Crippen LogP contribution is -2.34. The molecule has 0 amide bonds. The molecule has 67 heavy (non-hydrogen) atoms. The molecule has 0 atom stereocenters. The summed E-state index contributed by atoms with van der Waals surface area (Å²) in [5, 5.41) is 15.8. The second-order valence-corrected chi connectivity index (χ2v) is 24.7. The van der Waals surface area contributed by atoms with E-state index in [0.717, 1.165) is 48.9 Å². The number of nitrogens with one attached hydrogen (secondary N) is 2. The summed E-state index contributed by atoms with van der Waals surface area (Å²) in [6.07, 6.45) is -4.57. The highest BCUT2D eigenvalue weighted by atomic mass is 79.9. The summed E-state index contributed by atoms with van der Waals surface area (Å²) in [5.74, 6) is -0.611. The quantitative estimate of drug-likeness (QED) is 0.0812. The highest BCUT2D eigenvalue weighted by Crippen LogP contribution is 2.41. The van der Waals surface area contributed by atoms with Gasteiger partial charge in [0.1, 0.15) is 32.8 Å². The van der Waals surface area contributed by atoms with Gasteiger partial charge < -0.3 is 19.3 Å². The van der Waals surface area contributed by atoms with E-state index in [-0.39, 0.29) is 68.3 Å². The molecule has 0 spiro atoms. The van der Waals surface area contributed by atoms with Gasteiger partial charge >= 0.3 is 14.6 Å². The van der Waals surface area contributed by atoms with Gasteiger partial charge in [0.25, 0.3) is 24.0 Å². The molecule has 0 fully saturated rings. The molecule has 2 heterocycles. The van der Waals surface area contributed by atoms with Crippen molar-refractivity contribution in [1.29, 1.82) is 0 Å². The molecule has 358 valence electrons. The number of alkyl halides is 4. The summed E-state index contributed by atoms with van der Waals surface area (Å²) in [6.45, 7) is 0. The molecule has 4 aromatic carbocycles. The van der Waals surface area contributed by atoms with Crippen LogP contribution in [0.1, 0.15) is 24.2 Å². The minimum absolute atomic E-state index is 0.0332. The number of aromatic nitrogens is 6. The van der Waals surface area contributed by atoms with Crippen LogP contribution in [0.2, 0.25) is 20.1 Å². The van der Waals surface area contributed by atoms with E-state index >= 15 is 0 Å². The first-order chi connectivity index (χ1) is 31.0. The minimum Gasteiger partial charge on any atom is -0.507 e. The first kappa shape index (κ1) is 55.2. The third kappa shape index (κ3) is 14.3. The van der Waals surface area contributed by atoms with Crippen LogP contribution in [0.5, 0.6) is 34.5 Å². The standard InChI is InChI=1S/C18H13Cl2F2N3O6S.C17H11Cl2F2N3O6S.BBr3/c1-30-12-4-3-9(7-13(12)32(2,28)29)31-15-10(19)5-8(6-11(15)20)25-18(27)23-17(26)14(24-25)16(21)22;1-31(28,29)12-6-8(2-3-11(12)25)30-14-9(18)4-7(5-10(14)19)24-17(27)22-16(26)13(23-24)15(20)21;2-1(3)4/h3-7,16H,1-2H3,(H,23,26,27);2-6,15,25H,1H3,(H,22,26,27);. The molecule has 0 saturated carbocycles. The topological polar surface area (TPSA) is 252 Å². The fourth-order valence-electron chi connectivity index (χ4n) is 5.09. The number of halogens is 11. The zero-order valence-electron chi connectivity index (χ0n) is 33.2. The molecule has 6 rings (SSSR count). The zero-order valence-corrected chi connectivity index (χ0v) is 42.6. The fraction of sp³-hybridized carbons (Fsp3) is 0.143. The van der Waals surface area contributed by atoms with E-state index in [1.807, 2.05) is 0 Å². The Morgan fingerprint density at radius 1 is 0.642 bits per heavy atom. The molecular formula is C35H24BBr3Cl4F4N6O12S2. The Bertz CT molecular complexity index is 3290. The van der Waals surface area contributed by atoms with Crippen LogP contribution < -0.4 is 36.7 Å². The first-order valence-corrected chi connectivity index (χ1v) is 25.3. The Morgan fingerprint density at radius 3 is 1.31 bits per heavy atom. The number of H-pyrrole nitrogens is 2. The number of rotatable bonds is 11. The van der Waals surface area contributed by atoms with Crippen LogP contribution in [0.25, 0.3) is 11.4 Å². The number of methoxy groups -OCH3 is 1. The van der Waals surface area contributed by atoms with Crippen molar-refractivity contribution in [1.82, 2.24) is 29.5 Å². The molecule has 18 nitrogen and oxygen atoms in total. The lowest BCUT2D eigenvalue weighted by atomic mass is 10.3. The van der Waals surface area contributed by atoms with Crippen molar-refractivity contribution in [3.63, 3.8) is 0 Å². The number of aromatic amines is 2. The van der Waals surface area contributed by atoms with Crippen molar-refractivity contribution < 1.29 is 53.7 Å². The van der Waals surface area contributed by atoms with Gasteiger partial charge in [0.15, 0.2) is 42.6 Å². The number of sulfone groups is 2. The molecule has 0 aliphatic carbocycles. The molecular weight excluding hydrogens is 1230 g/mol. The van der Waals surface area contributed by atoms with E-state index in [2.05, 4.69) is 57.5 Å². The van der Waals surface area contributed by atoms with Crippen LogP contribution in [-0.2, 0) is 19.7 Å². The van der Waals surface area contributed by atoms with Crippen LogP contribution >= 0.6 is 93.7 Å². The Balaban J connectivity index is 0.000000271. The summed E-state index contributed by atoms with van der Waals surface area (Å²) in [5.41, 5.74) is -7.45. The Morgan fingerprint density at radius 2 is 0.985 bits per heavy atom. The number of phenols is 1. The number of benzene rings is 4. The van der Waals surface area contributed by atoms with Crippen molar-refractivity contribution in [2.45, 2.75) is 22.6 Å². The lowest BCUT2D eigenvalue weighted by Gasteiger charge is -2.14. The van der Waals surface area contributed by atoms with Gasteiger partial charge in [-0.25, -0.2) is 44.0 Å². The second-order valence-electron chi connectivity index (χ2n) is 12.6. The number of hydrogen-bond acceptors (Lipinski definition) is 14. The smallest absolute Gasteiger partial charge is 0.369 e. The third-order valence-corrected chi connectivity index (χ3v) is 11.2. The van der Waals surface area contributed by atoms with Crippen LogP contribution in [0, 0.1) is 0 Å². The summed E-state index contributed by atoms with van der Waals surface area (Å²) < 4.78 is 117. The Labute approximate surface area is 418 Å². The Hall–Kier alpha value is -4.42. The van der Waals surface area contributed by atoms with Crippen LogP contribution in [0.15, 0.2) is 89.6 Å². The molecule has 0 aliphatic rings. The molecule has 2 aromatic heterocycles. The first-order valence-electron chi connectivity index (χ1n) is 17.2. The van der Waals surface area contributed by atoms with Gasteiger partial charge in [-0.15, -0.1) is 47.3 Å². The predicted octanol–water partition coefficient (Wildman–Crippen LogP) is 8.59. The van der Waals surface area contributed by atoms with Gasteiger partial charge in [0.05, 0.1) is 38.6 Å². The molecule has 0 radical (unpaired) electrons. The maximum Gasteiger partial charge on any atom is 0.369 e. The zero-order chi connectivity index (χ0) is 50.5. The maximum absolute atomic E-state index is 13.0. The lowest BCUT2D eigenvalue weighted by molar-refractivity contribution is 0.141. The third-order valence-electron chi connectivity index (χ3n) is 7.88. The number of aromatic hydroxyl groups is 1. The van der Waals surface area contributed by atoms with Gasteiger partial charge in [-0.1, -0.05) is 46.4 Å². The highest BCUT2D eigenvalue weighted by Gasteiger charge is 2.23. The molecule has 0 saturated heterocycles. The van der Waals surface area contributed by atoms with Crippen LogP contribution in [0.4, 0.5) is 17.6 Å². The van der Waals surface area contributed by atoms with E-state index in [0.29, 0.717) is 9.36 Å². The van der Waals surface area contributed by atoms with Crippen LogP contribution in [-0.4, -0.2) is 74.3 Å². The molecule has 32 heteroatoms. The predicted molar refractivity (Wildman–Crippen MR) is 251 cm³/mol. The summed E-state index contributed by atoms with van der Waals surface area (Å²) in [6, 6.07) is 11.9. The maximum atomic E-state index is 13.0. The molecule has 3 N–H and O–H groups in total. The van der Waals surface area contributed by atoms with E-state index in [1.54, 1.807) is 9.97 Å². The molecule has 6 aromatic rings. The Kier molecular flexibility index (Phi) is 18.8.